The number of aromatic amines is 1. The van der Waals surface area contributed by atoms with E-state index in [0.717, 1.165) is 22.4 Å². The highest BCUT2D eigenvalue weighted by Crippen LogP contribution is 2.36. The Morgan fingerprint density at radius 1 is 1.30 bits per heavy atom. The first-order valence-electron chi connectivity index (χ1n) is 7.63. The first kappa shape index (κ1) is 15.8. The normalized spacial score (nSPS) is 16.8. The fraction of sp³-hybridized carbons (Fsp3) is 0.353. The number of hydrogen-bond acceptors (Lipinski definition) is 4. The van der Waals surface area contributed by atoms with Gasteiger partial charge in [0.2, 0.25) is 5.91 Å². The Morgan fingerprint density at radius 3 is 2.83 bits per heavy atom. The molecule has 0 radical (unpaired) electrons. The number of benzene rings is 1. The summed E-state index contributed by atoms with van der Waals surface area (Å²) in [6, 6.07) is 6.11. The van der Waals surface area contributed by atoms with Gasteiger partial charge in [0.1, 0.15) is 5.82 Å². The Balaban J connectivity index is 2.17. The molecule has 0 saturated heterocycles. The molecule has 0 bridgehead atoms. The highest BCUT2D eigenvalue weighted by Gasteiger charge is 2.31. The first-order chi connectivity index (χ1) is 11.0. The van der Waals surface area contributed by atoms with Crippen LogP contribution in [-0.2, 0) is 4.79 Å². The highest BCUT2D eigenvalue weighted by atomic mass is 32.2. The van der Waals surface area contributed by atoms with Crippen molar-refractivity contribution in [2.45, 2.75) is 38.3 Å². The molecular formula is C17H19N3O2S. The van der Waals surface area contributed by atoms with Crippen molar-refractivity contribution in [1.29, 1.82) is 0 Å². The summed E-state index contributed by atoms with van der Waals surface area (Å²) in [5.74, 6) is 0.840. The van der Waals surface area contributed by atoms with E-state index in [1.54, 1.807) is 0 Å². The van der Waals surface area contributed by atoms with E-state index < -0.39 is 0 Å². The standard InChI is InChI=1S/C17H19N3O2S/c1-4-23-17-19-15-14(16(22)20-17)12(8-13(21)18-15)11-7-9(2)5-6-10(11)3/h5-7,12H,4,8H2,1-3H3,(H2,18,19,20,21,22). The summed E-state index contributed by atoms with van der Waals surface area (Å²) in [6.45, 7) is 6.00. The van der Waals surface area contributed by atoms with Crippen LogP contribution < -0.4 is 10.9 Å². The molecule has 1 aliphatic rings. The maximum absolute atomic E-state index is 12.6. The second kappa shape index (κ2) is 6.20. The lowest BCUT2D eigenvalue weighted by molar-refractivity contribution is -0.116. The summed E-state index contributed by atoms with van der Waals surface area (Å²) in [7, 11) is 0. The summed E-state index contributed by atoms with van der Waals surface area (Å²) in [6.07, 6.45) is 0.266. The number of H-pyrrole nitrogens is 1. The van der Waals surface area contributed by atoms with Gasteiger partial charge in [-0.05, 0) is 30.7 Å². The zero-order valence-corrected chi connectivity index (χ0v) is 14.2. The predicted octanol–water partition coefficient (Wildman–Crippen LogP) is 2.97. The number of carbonyl (C=O) groups excluding carboxylic acids is 1. The average Bonchev–Trinajstić information content (AvgIpc) is 2.48. The molecule has 3 rings (SSSR count). The number of thioether (sulfide) groups is 1. The first-order valence-corrected chi connectivity index (χ1v) is 8.62. The molecule has 0 fully saturated rings. The Bertz CT molecular complexity index is 829. The van der Waals surface area contributed by atoms with E-state index >= 15 is 0 Å². The van der Waals surface area contributed by atoms with Crippen LogP contribution in [0.25, 0.3) is 0 Å². The molecule has 1 aromatic heterocycles. The van der Waals surface area contributed by atoms with Crippen molar-refractivity contribution in [3.63, 3.8) is 0 Å². The smallest absolute Gasteiger partial charge is 0.257 e. The molecule has 6 heteroatoms. The second-order valence-electron chi connectivity index (χ2n) is 5.73. The molecule has 0 saturated carbocycles. The van der Waals surface area contributed by atoms with Crippen LogP contribution >= 0.6 is 11.8 Å². The molecule has 2 heterocycles. The number of anilines is 1. The molecule has 0 spiro atoms. The topological polar surface area (TPSA) is 74.8 Å². The molecule has 1 aliphatic heterocycles. The zero-order valence-electron chi connectivity index (χ0n) is 13.4. The number of aryl methyl sites for hydroxylation is 2. The fourth-order valence-corrected chi connectivity index (χ4v) is 3.55. The van der Waals surface area contributed by atoms with E-state index in [1.807, 2.05) is 32.9 Å². The van der Waals surface area contributed by atoms with Crippen molar-refractivity contribution in [2.75, 3.05) is 11.1 Å². The number of fused-ring (bicyclic) bond motifs is 1. The Hall–Kier alpha value is -2.08. The van der Waals surface area contributed by atoms with Crippen molar-refractivity contribution < 1.29 is 4.79 Å². The lowest BCUT2D eigenvalue weighted by atomic mass is 9.84. The lowest BCUT2D eigenvalue weighted by Gasteiger charge is -2.26. The molecule has 2 N–H and O–H groups in total. The predicted molar refractivity (Wildman–Crippen MR) is 92.3 cm³/mol. The maximum atomic E-state index is 12.6. The molecule has 1 aromatic carbocycles. The number of amides is 1. The van der Waals surface area contributed by atoms with Crippen LogP contribution in [0.15, 0.2) is 28.2 Å². The molecule has 5 nitrogen and oxygen atoms in total. The van der Waals surface area contributed by atoms with Gasteiger partial charge in [-0.25, -0.2) is 4.98 Å². The molecular weight excluding hydrogens is 310 g/mol. The summed E-state index contributed by atoms with van der Waals surface area (Å²) < 4.78 is 0. The van der Waals surface area contributed by atoms with Gasteiger partial charge in [0.05, 0.1) is 5.56 Å². The molecule has 2 aromatic rings. The van der Waals surface area contributed by atoms with Crippen molar-refractivity contribution in [3.05, 3.63) is 50.8 Å². The van der Waals surface area contributed by atoms with Crippen molar-refractivity contribution in [2.24, 2.45) is 0 Å². The number of hydrogen-bond donors (Lipinski definition) is 2. The van der Waals surface area contributed by atoms with Crippen LogP contribution in [0, 0.1) is 13.8 Å². The molecule has 23 heavy (non-hydrogen) atoms. The average molecular weight is 329 g/mol. The van der Waals surface area contributed by atoms with Crippen molar-refractivity contribution >= 4 is 23.5 Å². The van der Waals surface area contributed by atoms with Crippen LogP contribution in [0.1, 0.15) is 41.5 Å². The minimum absolute atomic E-state index is 0.103. The van der Waals surface area contributed by atoms with Crippen LogP contribution in [-0.4, -0.2) is 21.6 Å². The number of nitrogens with one attached hydrogen (secondary N) is 2. The van der Waals surface area contributed by atoms with Gasteiger partial charge in [-0.15, -0.1) is 0 Å². The van der Waals surface area contributed by atoms with Gasteiger partial charge in [0, 0.05) is 12.3 Å². The number of aromatic nitrogens is 2. The number of rotatable bonds is 3. The second-order valence-corrected chi connectivity index (χ2v) is 6.98. The van der Waals surface area contributed by atoms with Crippen molar-refractivity contribution in [1.82, 2.24) is 9.97 Å². The highest BCUT2D eigenvalue weighted by molar-refractivity contribution is 7.99. The molecule has 1 atom stereocenters. The summed E-state index contributed by atoms with van der Waals surface area (Å²) in [5.41, 5.74) is 3.59. The molecule has 1 unspecified atom stereocenters. The van der Waals surface area contributed by atoms with Crippen LogP contribution in [0.2, 0.25) is 0 Å². The van der Waals surface area contributed by atoms with Gasteiger partial charge >= 0.3 is 0 Å². The quantitative estimate of drug-likeness (QED) is 0.670. The third-order valence-electron chi connectivity index (χ3n) is 4.02. The number of nitrogens with zero attached hydrogens (tertiary/aromatic N) is 1. The summed E-state index contributed by atoms with van der Waals surface area (Å²) >= 11 is 1.45. The van der Waals surface area contributed by atoms with Gasteiger partial charge in [0.25, 0.3) is 5.56 Å². The third kappa shape index (κ3) is 3.03. The summed E-state index contributed by atoms with van der Waals surface area (Å²) in [5, 5.41) is 3.29. The molecule has 1 amide bonds. The van der Waals surface area contributed by atoms with Crippen LogP contribution in [0.5, 0.6) is 0 Å². The molecule has 0 aliphatic carbocycles. The summed E-state index contributed by atoms with van der Waals surface area (Å²) in [4.78, 5) is 31.9. The van der Waals surface area contributed by atoms with E-state index in [1.165, 1.54) is 11.8 Å². The largest absolute Gasteiger partial charge is 0.310 e. The monoisotopic (exact) mass is 329 g/mol. The Kier molecular flexibility index (Phi) is 4.26. The lowest BCUT2D eigenvalue weighted by Crippen LogP contribution is -2.31. The van der Waals surface area contributed by atoms with E-state index in [9.17, 15) is 9.59 Å². The van der Waals surface area contributed by atoms with E-state index in [0.29, 0.717) is 16.5 Å². The minimum atomic E-state index is -0.254. The fourth-order valence-electron chi connectivity index (χ4n) is 2.96. The SMILES string of the molecule is CCSc1nc2c(c(=O)[nH]1)C(c1cc(C)ccc1C)CC(=O)N2. The van der Waals surface area contributed by atoms with E-state index in [-0.39, 0.29) is 23.8 Å². The molecule has 120 valence electrons. The minimum Gasteiger partial charge on any atom is -0.310 e. The van der Waals surface area contributed by atoms with E-state index in [4.69, 9.17) is 0 Å². The Labute approximate surface area is 138 Å². The number of carbonyl (C=O) groups is 1. The van der Waals surface area contributed by atoms with Gasteiger partial charge in [-0.1, -0.05) is 42.4 Å². The van der Waals surface area contributed by atoms with Crippen LogP contribution in [0.4, 0.5) is 5.82 Å². The van der Waals surface area contributed by atoms with Crippen LogP contribution in [0.3, 0.4) is 0 Å². The maximum Gasteiger partial charge on any atom is 0.257 e. The zero-order chi connectivity index (χ0) is 16.6. The Morgan fingerprint density at radius 2 is 2.09 bits per heavy atom. The van der Waals surface area contributed by atoms with E-state index in [2.05, 4.69) is 21.4 Å². The van der Waals surface area contributed by atoms with Gasteiger partial charge in [-0.3, -0.25) is 9.59 Å². The van der Waals surface area contributed by atoms with Gasteiger partial charge in [-0.2, -0.15) is 0 Å². The van der Waals surface area contributed by atoms with Crippen molar-refractivity contribution in [3.8, 4) is 0 Å². The van der Waals surface area contributed by atoms with Gasteiger partial charge < -0.3 is 10.3 Å². The third-order valence-corrected chi connectivity index (χ3v) is 4.78. The van der Waals surface area contributed by atoms with Gasteiger partial charge in [0.15, 0.2) is 5.16 Å².